The third-order valence-corrected chi connectivity index (χ3v) is 4.66. The van der Waals surface area contributed by atoms with Gasteiger partial charge in [0, 0.05) is 5.56 Å². The van der Waals surface area contributed by atoms with Crippen LogP contribution in [0.15, 0.2) is 84.9 Å². The van der Waals surface area contributed by atoms with E-state index >= 15 is 0 Å². The number of hydrogen-bond donors (Lipinski definition) is 5. The highest BCUT2D eigenvalue weighted by Gasteiger charge is 2.08. The molecule has 1 atom stereocenters. The average Bonchev–Trinajstić information content (AvgIpc) is 2.94. The zero-order valence-electron chi connectivity index (χ0n) is 21.7. The smallest absolute Gasteiger partial charge is 0.335 e. The second kappa shape index (κ2) is 22.2. The summed E-state index contributed by atoms with van der Waals surface area (Å²) >= 11 is 0. The summed E-state index contributed by atoms with van der Waals surface area (Å²) in [5.74, 6) is -1.03. The zero-order chi connectivity index (χ0) is 28.6. The molecule has 0 saturated heterocycles. The predicted molar refractivity (Wildman–Crippen MR) is 149 cm³/mol. The summed E-state index contributed by atoms with van der Waals surface area (Å²) in [7, 11) is 0. The van der Waals surface area contributed by atoms with Gasteiger partial charge in [-0.1, -0.05) is 48.5 Å². The Morgan fingerprint density at radius 1 is 0.868 bits per heavy atom. The van der Waals surface area contributed by atoms with Crippen LogP contribution in [0.25, 0.3) is 0 Å². The number of nitrogens with two attached hydrogens (primary N) is 3. The normalized spacial score (nSPS) is 10.1. The number of carbonyl (C=O) groups is 3. The van der Waals surface area contributed by atoms with Gasteiger partial charge in [0.1, 0.15) is 18.1 Å². The lowest BCUT2D eigenvalue weighted by Crippen LogP contribution is -2.30. The fraction of sp³-hybridized carbons (Fsp3) is 0.276. The number of carbonyl (C=O) groups excluding carboxylic acids is 1. The van der Waals surface area contributed by atoms with Crippen LogP contribution in [0.3, 0.4) is 0 Å². The van der Waals surface area contributed by atoms with Crippen molar-refractivity contribution in [2.45, 2.75) is 32.2 Å². The zero-order valence-corrected chi connectivity index (χ0v) is 21.7. The van der Waals surface area contributed by atoms with Gasteiger partial charge in [-0.25, -0.2) is 4.79 Å². The predicted octanol–water partition coefficient (Wildman–Crippen LogP) is 3.61. The van der Waals surface area contributed by atoms with Gasteiger partial charge in [-0.2, -0.15) is 0 Å². The molecule has 0 radical (unpaired) electrons. The fourth-order valence-electron chi connectivity index (χ4n) is 2.66. The molecule has 9 nitrogen and oxygen atoms in total. The van der Waals surface area contributed by atoms with Crippen LogP contribution in [0.2, 0.25) is 0 Å². The van der Waals surface area contributed by atoms with Crippen molar-refractivity contribution in [1.82, 2.24) is 0 Å². The highest BCUT2D eigenvalue weighted by molar-refractivity contribution is 5.87. The lowest BCUT2D eigenvalue weighted by Gasteiger charge is -2.02. The summed E-state index contributed by atoms with van der Waals surface area (Å²) in [5, 5.41) is 16.6. The molecule has 9 heteroatoms. The Bertz CT molecular complexity index is 1020. The number of aliphatic carboxylic acids is 1. The van der Waals surface area contributed by atoms with Gasteiger partial charge in [-0.05, 0) is 81.2 Å². The second-order valence-electron chi connectivity index (χ2n) is 7.69. The molecule has 3 aromatic carbocycles. The molecule has 0 amide bonds. The Kier molecular flexibility index (Phi) is 19.8. The van der Waals surface area contributed by atoms with E-state index in [1.54, 1.807) is 54.6 Å². The van der Waals surface area contributed by atoms with Crippen LogP contribution in [0.5, 0.6) is 5.75 Å². The molecule has 0 fully saturated rings. The molecule has 0 bridgehead atoms. The van der Waals surface area contributed by atoms with E-state index in [0.29, 0.717) is 37.1 Å². The third kappa shape index (κ3) is 17.4. The molecular formula is C29H39N3O6. The van der Waals surface area contributed by atoms with E-state index in [1.807, 2.05) is 25.1 Å². The molecule has 38 heavy (non-hydrogen) atoms. The molecule has 0 aliphatic rings. The molecule has 0 aliphatic carbocycles. The Morgan fingerprint density at radius 2 is 1.42 bits per heavy atom. The van der Waals surface area contributed by atoms with Gasteiger partial charge >= 0.3 is 11.9 Å². The minimum absolute atomic E-state index is 0.331. The summed E-state index contributed by atoms with van der Waals surface area (Å²) in [6, 6.07) is 24.9. The molecule has 0 spiro atoms. The molecule has 0 saturated carbocycles. The first kappa shape index (κ1) is 34.0. The first-order chi connectivity index (χ1) is 18.3. The van der Waals surface area contributed by atoms with E-state index in [-0.39, 0.29) is 0 Å². The summed E-state index contributed by atoms with van der Waals surface area (Å²) in [6.07, 6.45) is 2.94. The molecule has 0 heterocycles. The first-order valence-electron chi connectivity index (χ1n) is 12.2. The Hall–Kier alpha value is -4.05. The van der Waals surface area contributed by atoms with Crippen LogP contribution in [-0.4, -0.2) is 54.2 Å². The Balaban J connectivity index is 0.000000482. The standard InChI is InChI=1S/C9H10O2.C8H11N.C7H6O2.C5H12N2O2/c1-2-11-9-5-3-8(7-10)4-6-9;9-7-6-8-4-2-1-3-5-8;8-7(9)6-4-2-1-3-5-6;6-3-1-2-4(7)5(8)9/h3-7H,2H2,1H3;1-5H,6-7,9H2;1-5H,(H,8,9);4H,1-3,6-7H2,(H,8,9)/t;;;4-/m...0/s1. The highest BCUT2D eigenvalue weighted by atomic mass is 16.5. The van der Waals surface area contributed by atoms with Crippen LogP contribution in [0.4, 0.5) is 0 Å². The van der Waals surface area contributed by atoms with Gasteiger partial charge in [0.25, 0.3) is 0 Å². The largest absolute Gasteiger partial charge is 0.494 e. The number of hydrogen-bond acceptors (Lipinski definition) is 7. The van der Waals surface area contributed by atoms with Crippen molar-refractivity contribution in [1.29, 1.82) is 0 Å². The monoisotopic (exact) mass is 525 g/mol. The maximum atomic E-state index is 10.2. The van der Waals surface area contributed by atoms with Crippen molar-refractivity contribution in [2.75, 3.05) is 19.7 Å². The topological polar surface area (TPSA) is 179 Å². The van der Waals surface area contributed by atoms with Crippen molar-refractivity contribution in [2.24, 2.45) is 17.2 Å². The van der Waals surface area contributed by atoms with Gasteiger partial charge in [0.2, 0.25) is 0 Å². The molecule has 3 aromatic rings. The SMILES string of the molecule is CCOc1ccc(C=O)cc1.NCCC[C@H](N)C(=O)O.NCCc1ccccc1.O=C(O)c1ccccc1. The van der Waals surface area contributed by atoms with E-state index in [0.717, 1.165) is 25.0 Å². The van der Waals surface area contributed by atoms with Gasteiger partial charge in [-0.15, -0.1) is 0 Å². The van der Waals surface area contributed by atoms with Gasteiger partial charge in [0.05, 0.1) is 12.2 Å². The van der Waals surface area contributed by atoms with Crippen molar-refractivity contribution < 1.29 is 29.3 Å². The number of carboxylic acid groups (broad SMARTS) is 2. The first-order valence-corrected chi connectivity index (χ1v) is 12.2. The van der Waals surface area contributed by atoms with Crippen molar-refractivity contribution in [3.8, 4) is 5.75 Å². The van der Waals surface area contributed by atoms with E-state index in [2.05, 4.69) is 12.1 Å². The van der Waals surface area contributed by atoms with Crippen molar-refractivity contribution >= 4 is 18.2 Å². The summed E-state index contributed by atoms with van der Waals surface area (Å²) in [4.78, 5) is 30.5. The van der Waals surface area contributed by atoms with Crippen LogP contribution in [-0.2, 0) is 11.2 Å². The van der Waals surface area contributed by atoms with E-state index < -0.39 is 18.0 Å². The minimum atomic E-state index is -0.955. The Morgan fingerprint density at radius 3 is 1.82 bits per heavy atom. The number of ether oxygens (including phenoxy) is 1. The highest BCUT2D eigenvalue weighted by Crippen LogP contribution is 2.10. The fourth-order valence-corrected chi connectivity index (χ4v) is 2.66. The number of benzene rings is 3. The molecule has 0 unspecified atom stereocenters. The maximum absolute atomic E-state index is 10.2. The third-order valence-electron chi connectivity index (χ3n) is 4.66. The number of aromatic carboxylic acids is 1. The van der Waals surface area contributed by atoms with Crippen LogP contribution < -0.4 is 21.9 Å². The van der Waals surface area contributed by atoms with Crippen LogP contribution in [0, 0.1) is 0 Å². The number of carboxylic acids is 2. The number of aldehydes is 1. The van der Waals surface area contributed by atoms with Gasteiger partial charge in [-0.3, -0.25) is 9.59 Å². The van der Waals surface area contributed by atoms with Gasteiger partial charge < -0.3 is 32.2 Å². The maximum Gasteiger partial charge on any atom is 0.335 e. The minimum Gasteiger partial charge on any atom is -0.494 e. The van der Waals surface area contributed by atoms with Crippen molar-refractivity contribution in [3.05, 3.63) is 102 Å². The molecular weight excluding hydrogens is 486 g/mol. The van der Waals surface area contributed by atoms with E-state index in [1.165, 1.54) is 5.56 Å². The van der Waals surface area contributed by atoms with Crippen molar-refractivity contribution in [3.63, 3.8) is 0 Å². The summed E-state index contributed by atoms with van der Waals surface area (Å²) in [6.45, 7) is 3.82. The quantitative estimate of drug-likeness (QED) is 0.247. The Labute approximate surface area is 224 Å². The van der Waals surface area contributed by atoms with Crippen LogP contribution in [0.1, 0.15) is 46.0 Å². The summed E-state index contributed by atoms with van der Waals surface area (Å²) in [5.41, 5.74) is 18.0. The average molecular weight is 526 g/mol. The van der Waals surface area contributed by atoms with E-state index in [9.17, 15) is 14.4 Å². The number of rotatable bonds is 10. The lowest BCUT2D eigenvalue weighted by atomic mass is 10.2. The molecule has 0 aliphatic heterocycles. The summed E-state index contributed by atoms with van der Waals surface area (Å²) < 4.78 is 5.19. The molecule has 8 N–H and O–H groups in total. The second-order valence-corrected chi connectivity index (χ2v) is 7.69. The lowest BCUT2D eigenvalue weighted by molar-refractivity contribution is -0.138. The van der Waals surface area contributed by atoms with Gasteiger partial charge in [0.15, 0.2) is 0 Å². The molecule has 0 aromatic heterocycles. The van der Waals surface area contributed by atoms with E-state index in [4.69, 9.17) is 32.2 Å². The molecule has 206 valence electrons. The molecule has 3 rings (SSSR count). The van der Waals surface area contributed by atoms with Crippen LogP contribution >= 0.6 is 0 Å².